The van der Waals surface area contributed by atoms with E-state index in [2.05, 4.69) is 88.4 Å². The Balaban J connectivity index is 2.15. The second-order valence-electron chi connectivity index (χ2n) is 7.45. The molecule has 4 rings (SSSR count). The summed E-state index contributed by atoms with van der Waals surface area (Å²) in [6.45, 7) is 8.83. The minimum atomic E-state index is 1.07. The van der Waals surface area contributed by atoms with E-state index in [1.54, 1.807) is 0 Å². The second kappa shape index (κ2) is 6.61. The van der Waals surface area contributed by atoms with Crippen LogP contribution < -0.4 is 0 Å². The highest BCUT2D eigenvalue weighted by Gasteiger charge is 2.12. The molecule has 0 atom stereocenters. The zero-order chi connectivity index (χ0) is 18.3. The summed E-state index contributed by atoms with van der Waals surface area (Å²) in [4.78, 5) is 0. The molecule has 0 aliphatic carbocycles. The maximum absolute atomic E-state index is 2.38. The molecule has 0 aromatic heterocycles. The van der Waals surface area contributed by atoms with E-state index in [1.807, 2.05) is 0 Å². The summed E-state index contributed by atoms with van der Waals surface area (Å²) in [5.41, 5.74) is 8.19. The molecule has 0 nitrogen and oxygen atoms in total. The SMILES string of the molecule is CCc1cc(CC)cc(-c2c3ccc(C)cc3cc3cc(C)ccc23)c1. The average molecular weight is 338 g/mol. The van der Waals surface area contributed by atoms with Crippen molar-refractivity contribution >= 4 is 21.5 Å². The van der Waals surface area contributed by atoms with Gasteiger partial charge in [0.1, 0.15) is 0 Å². The zero-order valence-corrected chi connectivity index (χ0v) is 16.2. The van der Waals surface area contributed by atoms with Gasteiger partial charge in [0.15, 0.2) is 0 Å². The van der Waals surface area contributed by atoms with E-state index in [9.17, 15) is 0 Å². The first-order valence-corrected chi connectivity index (χ1v) is 9.66. The van der Waals surface area contributed by atoms with Crippen LogP contribution in [0.25, 0.3) is 32.7 Å². The molecule has 26 heavy (non-hydrogen) atoms. The van der Waals surface area contributed by atoms with Gasteiger partial charge in [-0.05, 0) is 76.6 Å². The van der Waals surface area contributed by atoms with E-state index in [-0.39, 0.29) is 0 Å². The zero-order valence-electron chi connectivity index (χ0n) is 16.2. The largest absolute Gasteiger partial charge is 0.0613 e. The lowest BCUT2D eigenvalue weighted by Gasteiger charge is -2.15. The molecule has 0 amide bonds. The van der Waals surface area contributed by atoms with Crippen molar-refractivity contribution in [1.82, 2.24) is 0 Å². The van der Waals surface area contributed by atoms with Crippen molar-refractivity contribution in [2.75, 3.05) is 0 Å². The Morgan fingerprint density at radius 3 is 1.54 bits per heavy atom. The van der Waals surface area contributed by atoms with Crippen molar-refractivity contribution in [3.8, 4) is 11.1 Å². The first-order valence-electron chi connectivity index (χ1n) is 9.66. The third-order valence-corrected chi connectivity index (χ3v) is 5.42. The Hall–Kier alpha value is -2.60. The summed E-state index contributed by atoms with van der Waals surface area (Å²) in [5.74, 6) is 0. The number of hydrogen-bond acceptors (Lipinski definition) is 0. The molecule has 0 saturated carbocycles. The minimum Gasteiger partial charge on any atom is -0.0613 e. The van der Waals surface area contributed by atoms with Crippen LogP contribution in [-0.2, 0) is 12.8 Å². The van der Waals surface area contributed by atoms with Crippen LogP contribution in [0.5, 0.6) is 0 Å². The normalized spacial score (nSPS) is 11.4. The maximum Gasteiger partial charge on any atom is -0.00266 e. The van der Waals surface area contributed by atoms with Gasteiger partial charge >= 0.3 is 0 Å². The molecule has 0 aliphatic heterocycles. The fourth-order valence-electron chi connectivity index (χ4n) is 4.00. The molecular weight excluding hydrogens is 312 g/mol. The average Bonchev–Trinajstić information content (AvgIpc) is 2.65. The van der Waals surface area contributed by atoms with Crippen LogP contribution in [0.4, 0.5) is 0 Å². The Morgan fingerprint density at radius 1 is 0.577 bits per heavy atom. The molecule has 0 saturated heterocycles. The highest BCUT2D eigenvalue weighted by molar-refractivity contribution is 6.13. The third-order valence-electron chi connectivity index (χ3n) is 5.42. The molecule has 0 radical (unpaired) electrons. The summed E-state index contributed by atoms with van der Waals surface area (Å²) in [6.07, 6.45) is 2.14. The van der Waals surface area contributed by atoms with Crippen LogP contribution in [0.15, 0.2) is 60.7 Å². The van der Waals surface area contributed by atoms with Gasteiger partial charge in [-0.3, -0.25) is 0 Å². The summed E-state index contributed by atoms with van der Waals surface area (Å²) >= 11 is 0. The van der Waals surface area contributed by atoms with Crippen molar-refractivity contribution in [1.29, 1.82) is 0 Å². The first kappa shape index (κ1) is 16.8. The molecule has 0 bridgehead atoms. The Bertz CT molecular complexity index is 1030. The van der Waals surface area contributed by atoms with E-state index in [0.717, 1.165) is 12.8 Å². The lowest BCUT2D eigenvalue weighted by Crippen LogP contribution is -1.92. The predicted octanol–water partition coefficient (Wildman–Crippen LogP) is 7.40. The lowest BCUT2D eigenvalue weighted by atomic mass is 9.89. The Labute approximate surface area is 156 Å². The summed E-state index contributed by atoms with van der Waals surface area (Å²) < 4.78 is 0. The predicted molar refractivity (Wildman–Crippen MR) is 115 cm³/mol. The molecule has 0 aliphatic rings. The molecule has 0 heteroatoms. The van der Waals surface area contributed by atoms with Gasteiger partial charge in [-0.1, -0.05) is 79.6 Å². The number of fused-ring (bicyclic) bond motifs is 2. The highest BCUT2D eigenvalue weighted by atomic mass is 14.2. The maximum atomic E-state index is 2.38. The number of rotatable bonds is 3. The lowest BCUT2D eigenvalue weighted by molar-refractivity contribution is 1.09. The van der Waals surface area contributed by atoms with Crippen molar-refractivity contribution in [3.05, 3.63) is 82.9 Å². The van der Waals surface area contributed by atoms with Gasteiger partial charge in [0.2, 0.25) is 0 Å². The number of benzene rings is 4. The molecule has 4 aromatic rings. The molecule has 4 aromatic carbocycles. The summed E-state index contributed by atoms with van der Waals surface area (Å²) in [5, 5.41) is 5.36. The molecule has 0 fully saturated rings. The van der Waals surface area contributed by atoms with Crippen LogP contribution in [0.2, 0.25) is 0 Å². The molecule has 130 valence electrons. The van der Waals surface area contributed by atoms with Gasteiger partial charge in [0, 0.05) is 0 Å². The van der Waals surface area contributed by atoms with Crippen molar-refractivity contribution in [2.24, 2.45) is 0 Å². The molecule has 0 unspecified atom stereocenters. The third kappa shape index (κ3) is 2.90. The van der Waals surface area contributed by atoms with Crippen LogP contribution in [0, 0.1) is 13.8 Å². The number of aryl methyl sites for hydroxylation is 4. The van der Waals surface area contributed by atoms with Crippen LogP contribution in [0.3, 0.4) is 0 Å². The van der Waals surface area contributed by atoms with Crippen molar-refractivity contribution in [3.63, 3.8) is 0 Å². The summed E-state index contributed by atoms with van der Waals surface area (Å²) in [6, 6.07) is 23.1. The van der Waals surface area contributed by atoms with E-state index in [4.69, 9.17) is 0 Å². The number of hydrogen-bond donors (Lipinski definition) is 0. The van der Waals surface area contributed by atoms with E-state index in [0.29, 0.717) is 0 Å². The second-order valence-corrected chi connectivity index (χ2v) is 7.45. The molecular formula is C26H26. The minimum absolute atomic E-state index is 1.07. The van der Waals surface area contributed by atoms with Crippen LogP contribution in [-0.4, -0.2) is 0 Å². The van der Waals surface area contributed by atoms with Crippen molar-refractivity contribution < 1.29 is 0 Å². The van der Waals surface area contributed by atoms with Gasteiger partial charge in [-0.15, -0.1) is 0 Å². The topological polar surface area (TPSA) is 0 Å². The molecule has 0 N–H and O–H groups in total. The van der Waals surface area contributed by atoms with Gasteiger partial charge in [0.05, 0.1) is 0 Å². The molecule has 0 heterocycles. The van der Waals surface area contributed by atoms with Crippen LogP contribution in [0.1, 0.15) is 36.1 Å². The van der Waals surface area contributed by atoms with Crippen LogP contribution >= 0.6 is 0 Å². The van der Waals surface area contributed by atoms with Crippen molar-refractivity contribution in [2.45, 2.75) is 40.5 Å². The Kier molecular flexibility index (Phi) is 4.28. The monoisotopic (exact) mass is 338 g/mol. The first-order chi connectivity index (χ1) is 12.6. The standard InChI is InChI=1S/C26H26/c1-5-19-13-20(6-2)15-23(14-19)26-24-9-7-17(3)11-21(24)16-22-12-18(4)8-10-25(22)26/h7-16H,5-6H2,1-4H3. The molecule has 0 spiro atoms. The smallest absolute Gasteiger partial charge is 0.00266 e. The fourth-order valence-corrected chi connectivity index (χ4v) is 4.00. The van der Waals surface area contributed by atoms with E-state index < -0.39 is 0 Å². The van der Waals surface area contributed by atoms with Gasteiger partial charge < -0.3 is 0 Å². The van der Waals surface area contributed by atoms with Gasteiger partial charge in [0.25, 0.3) is 0 Å². The quantitative estimate of drug-likeness (QED) is 0.341. The Morgan fingerprint density at radius 2 is 1.08 bits per heavy atom. The van der Waals surface area contributed by atoms with E-state index >= 15 is 0 Å². The van der Waals surface area contributed by atoms with Gasteiger partial charge in [-0.25, -0.2) is 0 Å². The van der Waals surface area contributed by atoms with Gasteiger partial charge in [-0.2, -0.15) is 0 Å². The highest BCUT2D eigenvalue weighted by Crippen LogP contribution is 2.38. The summed E-state index contributed by atoms with van der Waals surface area (Å²) in [7, 11) is 0. The van der Waals surface area contributed by atoms with E-state index in [1.165, 1.54) is 54.9 Å². The fraction of sp³-hybridized carbons (Fsp3) is 0.231.